The molecular weight excluding hydrogens is 325 g/mol. The molecule has 2 aromatic rings. The lowest BCUT2D eigenvalue weighted by atomic mass is 10.2. The predicted molar refractivity (Wildman–Crippen MR) is 78.5 cm³/mol. The minimum absolute atomic E-state index is 0.121. The van der Waals surface area contributed by atoms with Gasteiger partial charge in [-0.3, -0.25) is 14.0 Å². The normalized spacial score (nSPS) is 15.8. The molecule has 24 heavy (non-hydrogen) atoms. The number of imidazole rings is 1. The van der Waals surface area contributed by atoms with Crippen LogP contribution in [-0.2, 0) is 11.0 Å². The van der Waals surface area contributed by atoms with E-state index in [-0.39, 0.29) is 17.2 Å². The van der Waals surface area contributed by atoms with Crippen molar-refractivity contribution in [2.45, 2.75) is 13.1 Å². The molecule has 1 fully saturated rings. The highest BCUT2D eigenvalue weighted by Crippen LogP contribution is 2.30. The van der Waals surface area contributed by atoms with Gasteiger partial charge in [0.2, 0.25) is 6.41 Å². The van der Waals surface area contributed by atoms with Gasteiger partial charge in [0.15, 0.2) is 0 Å². The van der Waals surface area contributed by atoms with Crippen molar-refractivity contribution in [2.75, 3.05) is 26.2 Å². The number of carbonyl (C=O) groups excluding carboxylic acids is 2. The molecule has 0 bridgehead atoms. The van der Waals surface area contributed by atoms with Crippen molar-refractivity contribution in [1.29, 1.82) is 0 Å². The molecule has 128 valence electrons. The molecular formula is C15H15F3N4O2. The lowest BCUT2D eigenvalue weighted by molar-refractivity contribution is -0.137. The molecule has 2 aromatic heterocycles. The van der Waals surface area contributed by atoms with E-state index in [9.17, 15) is 22.8 Å². The Kier molecular flexibility index (Phi) is 3.94. The van der Waals surface area contributed by atoms with Gasteiger partial charge in [-0.1, -0.05) is 0 Å². The first-order chi connectivity index (χ1) is 11.3. The van der Waals surface area contributed by atoms with Crippen LogP contribution in [0.5, 0.6) is 0 Å². The highest BCUT2D eigenvalue weighted by atomic mass is 19.4. The van der Waals surface area contributed by atoms with Crippen molar-refractivity contribution in [3.63, 3.8) is 0 Å². The monoisotopic (exact) mass is 340 g/mol. The lowest BCUT2D eigenvalue weighted by Crippen LogP contribution is -2.48. The first-order valence-corrected chi connectivity index (χ1v) is 7.36. The topological polar surface area (TPSA) is 57.9 Å². The fourth-order valence-corrected chi connectivity index (χ4v) is 2.77. The minimum atomic E-state index is -4.50. The van der Waals surface area contributed by atoms with Crippen LogP contribution in [-0.4, -0.2) is 57.7 Å². The largest absolute Gasteiger partial charge is 0.417 e. The van der Waals surface area contributed by atoms with E-state index in [1.54, 1.807) is 11.8 Å². The van der Waals surface area contributed by atoms with E-state index in [2.05, 4.69) is 4.98 Å². The molecule has 0 unspecified atom stereocenters. The highest BCUT2D eigenvalue weighted by Gasteiger charge is 2.32. The number of halogens is 3. The van der Waals surface area contributed by atoms with Crippen molar-refractivity contribution in [3.8, 4) is 0 Å². The molecule has 0 aliphatic carbocycles. The van der Waals surface area contributed by atoms with Gasteiger partial charge in [0, 0.05) is 32.4 Å². The highest BCUT2D eigenvalue weighted by molar-refractivity contribution is 5.94. The molecule has 9 heteroatoms. The summed E-state index contributed by atoms with van der Waals surface area (Å²) in [6.07, 6.45) is -2.89. The summed E-state index contributed by atoms with van der Waals surface area (Å²) >= 11 is 0. The zero-order valence-corrected chi connectivity index (χ0v) is 12.9. The van der Waals surface area contributed by atoms with Gasteiger partial charge in [-0.2, -0.15) is 13.2 Å². The molecule has 0 atom stereocenters. The van der Waals surface area contributed by atoms with Crippen LogP contribution in [0.3, 0.4) is 0 Å². The maximum Gasteiger partial charge on any atom is 0.417 e. The molecule has 3 heterocycles. The van der Waals surface area contributed by atoms with Crippen molar-refractivity contribution >= 4 is 18.0 Å². The Labute approximate surface area is 135 Å². The van der Waals surface area contributed by atoms with E-state index < -0.39 is 11.7 Å². The van der Waals surface area contributed by atoms with Crippen LogP contribution in [0.2, 0.25) is 0 Å². The average molecular weight is 340 g/mol. The number of nitrogens with zero attached hydrogens (tertiary/aromatic N) is 4. The second kappa shape index (κ2) is 5.81. The molecule has 0 N–H and O–H groups in total. The van der Waals surface area contributed by atoms with Gasteiger partial charge in [0.1, 0.15) is 11.3 Å². The Bertz CT molecular complexity index is 792. The predicted octanol–water partition coefficient (Wildman–Crippen LogP) is 1.58. The van der Waals surface area contributed by atoms with Crippen molar-refractivity contribution in [3.05, 3.63) is 35.3 Å². The van der Waals surface area contributed by atoms with Gasteiger partial charge in [-0.25, -0.2) is 4.98 Å². The van der Waals surface area contributed by atoms with Crippen LogP contribution in [0.1, 0.15) is 21.7 Å². The zero-order chi connectivity index (χ0) is 17.5. The summed E-state index contributed by atoms with van der Waals surface area (Å²) in [7, 11) is 0. The van der Waals surface area contributed by atoms with Gasteiger partial charge < -0.3 is 9.80 Å². The van der Waals surface area contributed by atoms with Crippen LogP contribution in [0.4, 0.5) is 13.2 Å². The molecule has 2 amide bonds. The summed E-state index contributed by atoms with van der Waals surface area (Å²) in [6.45, 7) is 3.07. The third-order valence-corrected chi connectivity index (χ3v) is 4.07. The summed E-state index contributed by atoms with van der Waals surface area (Å²) in [5, 5.41) is 0. The fraction of sp³-hybridized carbons (Fsp3) is 0.400. The van der Waals surface area contributed by atoms with E-state index >= 15 is 0 Å². The maximum absolute atomic E-state index is 12.9. The van der Waals surface area contributed by atoms with Gasteiger partial charge >= 0.3 is 6.18 Å². The Morgan fingerprint density at radius 3 is 2.46 bits per heavy atom. The van der Waals surface area contributed by atoms with E-state index in [1.807, 2.05) is 0 Å². The smallest absolute Gasteiger partial charge is 0.342 e. The number of hydrogen-bond acceptors (Lipinski definition) is 3. The van der Waals surface area contributed by atoms with Gasteiger partial charge in [0.25, 0.3) is 5.91 Å². The van der Waals surface area contributed by atoms with Gasteiger partial charge in [-0.05, 0) is 19.1 Å². The Balaban J connectivity index is 1.97. The maximum atomic E-state index is 12.9. The quantitative estimate of drug-likeness (QED) is 0.780. The molecule has 1 saturated heterocycles. The van der Waals surface area contributed by atoms with Crippen molar-refractivity contribution in [2.24, 2.45) is 0 Å². The van der Waals surface area contributed by atoms with Crippen LogP contribution in [0.15, 0.2) is 18.3 Å². The van der Waals surface area contributed by atoms with Crippen LogP contribution in [0.25, 0.3) is 5.65 Å². The summed E-state index contributed by atoms with van der Waals surface area (Å²) in [5.74, 6) is -0.384. The number of hydrogen-bond donors (Lipinski definition) is 0. The summed E-state index contributed by atoms with van der Waals surface area (Å²) < 4.78 is 40.0. The minimum Gasteiger partial charge on any atom is -0.342 e. The summed E-state index contributed by atoms with van der Waals surface area (Å²) in [5.41, 5.74) is -0.0598. The number of fused-ring (bicyclic) bond motifs is 1. The average Bonchev–Trinajstić information content (AvgIpc) is 2.88. The van der Waals surface area contributed by atoms with Crippen LogP contribution in [0, 0.1) is 6.92 Å². The molecule has 0 aromatic carbocycles. The first kappa shape index (κ1) is 16.3. The standard InChI is InChI=1S/C15H15F3N4O2/c1-10-13(14(24)21-6-4-20(9-23)5-7-21)22-8-11(15(16,17)18)2-3-12(22)19-10/h2-3,8-9H,4-7H2,1H3. The van der Waals surface area contributed by atoms with Crippen LogP contribution >= 0.6 is 0 Å². The van der Waals surface area contributed by atoms with E-state index in [0.29, 0.717) is 31.9 Å². The molecule has 6 nitrogen and oxygen atoms in total. The van der Waals surface area contributed by atoms with Gasteiger partial charge in [-0.15, -0.1) is 0 Å². The van der Waals surface area contributed by atoms with E-state index in [1.165, 1.54) is 15.4 Å². The first-order valence-electron chi connectivity index (χ1n) is 7.36. The second-order valence-electron chi connectivity index (χ2n) is 5.62. The van der Waals surface area contributed by atoms with E-state index in [0.717, 1.165) is 18.7 Å². The molecule has 3 rings (SSSR count). The second-order valence-corrected chi connectivity index (χ2v) is 5.62. The van der Waals surface area contributed by atoms with Crippen LogP contribution < -0.4 is 0 Å². The number of alkyl halides is 3. The molecule has 0 spiro atoms. The number of pyridine rings is 1. The zero-order valence-electron chi connectivity index (χ0n) is 12.9. The molecule has 1 aliphatic rings. The number of carbonyl (C=O) groups is 2. The van der Waals surface area contributed by atoms with Crippen molar-refractivity contribution in [1.82, 2.24) is 19.2 Å². The van der Waals surface area contributed by atoms with Gasteiger partial charge in [0.05, 0.1) is 11.3 Å². The molecule has 0 radical (unpaired) electrons. The third-order valence-electron chi connectivity index (χ3n) is 4.07. The Morgan fingerprint density at radius 2 is 1.88 bits per heavy atom. The molecule has 0 saturated carbocycles. The molecule has 1 aliphatic heterocycles. The number of aromatic nitrogens is 2. The number of piperazine rings is 1. The Morgan fingerprint density at radius 1 is 1.21 bits per heavy atom. The third kappa shape index (κ3) is 2.81. The van der Waals surface area contributed by atoms with Crippen molar-refractivity contribution < 1.29 is 22.8 Å². The SMILES string of the molecule is Cc1nc2ccc(C(F)(F)F)cn2c1C(=O)N1CCN(C=O)CC1. The number of aryl methyl sites for hydroxylation is 1. The van der Waals surface area contributed by atoms with E-state index in [4.69, 9.17) is 0 Å². The summed E-state index contributed by atoms with van der Waals surface area (Å²) in [4.78, 5) is 30.7. The number of rotatable bonds is 2. The lowest BCUT2D eigenvalue weighted by Gasteiger charge is -2.32. The Hall–Kier alpha value is -2.58. The fourth-order valence-electron chi connectivity index (χ4n) is 2.77. The summed E-state index contributed by atoms with van der Waals surface area (Å²) in [6, 6.07) is 2.19. The number of amides is 2.